The first-order valence-electron chi connectivity index (χ1n) is 20.6. The van der Waals surface area contributed by atoms with Crippen LogP contribution in [0, 0.1) is 0 Å². The van der Waals surface area contributed by atoms with Gasteiger partial charge in [-0.1, -0.05) is 51.0 Å². The first-order chi connectivity index (χ1) is 27.6. The summed E-state index contributed by atoms with van der Waals surface area (Å²) in [6.07, 6.45) is 12.4. The number of carbonyl (C=O) groups is 4. The number of fused-ring (bicyclic) bond motifs is 3. The summed E-state index contributed by atoms with van der Waals surface area (Å²) >= 11 is 0. The molecule has 2 amide bonds. The van der Waals surface area contributed by atoms with Crippen LogP contribution in [0.15, 0.2) is 53.3 Å². The number of aromatic nitrogens is 2. The van der Waals surface area contributed by atoms with Gasteiger partial charge >= 0.3 is 0 Å². The second kappa shape index (κ2) is 17.7. The van der Waals surface area contributed by atoms with Crippen LogP contribution < -0.4 is 20.1 Å². The van der Waals surface area contributed by atoms with Crippen LogP contribution in [0.4, 0.5) is 11.4 Å². The smallest absolute Gasteiger partial charge is 0.266 e. The summed E-state index contributed by atoms with van der Waals surface area (Å²) in [5.74, 6) is -2.92. The van der Waals surface area contributed by atoms with Crippen LogP contribution in [-0.4, -0.2) is 104 Å². The average molecular weight is 829 g/mol. The normalized spacial score (nSPS) is 18.7. The number of H-pyrrole nitrogens is 1. The molecule has 4 aromatic rings. The number of aromatic amines is 1. The quantitative estimate of drug-likeness (QED) is 0.0854. The SMILES string of the molecule is C1CCCC1.CN1CCN(CCCOc2ccc(C3CCCC3)c(N3C(=O)c4cc5c(cc4C3=O)C(=O)C(c3nc4ccc(N(C)C)cc4c(=O)[nH]3)C5=O)c2)CC1.[Fe]. The Hall–Kier alpha value is -4.68. The number of ketones is 2. The molecular formula is C45H52FeN6O6. The molecule has 3 heterocycles. The molecule has 5 aliphatic rings. The van der Waals surface area contributed by atoms with Gasteiger partial charge in [0.2, 0.25) is 0 Å². The molecule has 1 aromatic heterocycles. The number of hydrogen-bond acceptors (Lipinski definition) is 10. The van der Waals surface area contributed by atoms with E-state index in [9.17, 15) is 24.0 Å². The van der Waals surface area contributed by atoms with Crippen molar-refractivity contribution in [2.24, 2.45) is 0 Å². The van der Waals surface area contributed by atoms with Crippen molar-refractivity contribution in [3.63, 3.8) is 0 Å². The summed E-state index contributed by atoms with van der Waals surface area (Å²) in [6.45, 7) is 5.63. The maximum Gasteiger partial charge on any atom is 0.266 e. The summed E-state index contributed by atoms with van der Waals surface area (Å²) in [5.41, 5.74) is 2.30. The van der Waals surface area contributed by atoms with Crippen LogP contribution in [0.2, 0.25) is 0 Å². The molecule has 0 bridgehead atoms. The topological polar surface area (TPSA) is 136 Å². The zero-order valence-corrected chi connectivity index (χ0v) is 34.7. The summed E-state index contributed by atoms with van der Waals surface area (Å²) in [7, 11) is 5.85. The number of hydrogen-bond donors (Lipinski definition) is 1. The number of ether oxygens (including phenoxy) is 1. The first-order valence-corrected chi connectivity index (χ1v) is 20.6. The van der Waals surface area contributed by atoms with E-state index in [1.807, 2.05) is 31.1 Å². The Morgan fingerprint density at radius 3 is 1.98 bits per heavy atom. The van der Waals surface area contributed by atoms with Gasteiger partial charge in [0, 0.05) is 86.8 Å². The Morgan fingerprint density at radius 2 is 1.38 bits per heavy atom. The molecule has 0 spiro atoms. The van der Waals surface area contributed by atoms with Crippen LogP contribution in [-0.2, 0) is 17.1 Å². The van der Waals surface area contributed by atoms with Crippen molar-refractivity contribution in [3.05, 3.63) is 92.5 Å². The maximum atomic E-state index is 14.1. The van der Waals surface area contributed by atoms with E-state index in [2.05, 4.69) is 26.8 Å². The van der Waals surface area contributed by atoms with Gasteiger partial charge < -0.3 is 24.4 Å². The fourth-order valence-corrected chi connectivity index (χ4v) is 8.97. The minimum absolute atomic E-state index is 0. The molecule has 3 aromatic carbocycles. The van der Waals surface area contributed by atoms with Gasteiger partial charge in [-0.2, -0.15) is 0 Å². The first kappa shape index (κ1) is 41.5. The van der Waals surface area contributed by atoms with Crippen LogP contribution >= 0.6 is 0 Å². The van der Waals surface area contributed by atoms with Crippen LogP contribution in [0.1, 0.15) is 129 Å². The minimum atomic E-state index is -1.39. The zero-order valence-electron chi connectivity index (χ0n) is 33.6. The second-order valence-corrected chi connectivity index (χ2v) is 16.4. The summed E-state index contributed by atoms with van der Waals surface area (Å²) in [5, 5.41) is 0.331. The Labute approximate surface area is 349 Å². The molecule has 1 saturated heterocycles. The largest absolute Gasteiger partial charge is 0.493 e. The standard InChI is InChI=1S/C40H42N6O6.C5H10.Fe/c1-43(2)24-9-12-32-31(19-24)38(49)42-37(41-32)34-35(47)27-21-29-30(22-28(27)36(34)48)40(51)46(39(29)50)33-20-25(10-11-26(33)23-7-4-5-8-23)52-18-6-13-45-16-14-44(3)15-17-45;1-2-4-5-3-1;/h9-12,19-23,34H,4-8,13-18H2,1-3H3,(H,41,42,49);1-5H2;. The zero-order chi connectivity index (χ0) is 39.8. The third kappa shape index (κ3) is 8.14. The molecule has 1 N–H and O–H groups in total. The Kier molecular flexibility index (Phi) is 12.6. The number of nitrogens with one attached hydrogen (secondary N) is 1. The molecule has 3 fully saturated rings. The average Bonchev–Trinajstić information content (AvgIpc) is 4.04. The number of imide groups is 1. The summed E-state index contributed by atoms with van der Waals surface area (Å²) in [6, 6.07) is 13.6. The molecule has 2 aliphatic heterocycles. The molecule has 306 valence electrons. The molecular weight excluding hydrogens is 776 g/mol. The predicted octanol–water partition coefficient (Wildman–Crippen LogP) is 6.57. The number of amides is 2. The molecule has 0 atom stereocenters. The maximum absolute atomic E-state index is 14.1. The molecule has 58 heavy (non-hydrogen) atoms. The van der Waals surface area contributed by atoms with Crippen molar-refractivity contribution in [1.82, 2.24) is 19.8 Å². The molecule has 3 aliphatic carbocycles. The van der Waals surface area contributed by atoms with E-state index in [1.54, 1.807) is 24.3 Å². The molecule has 13 heteroatoms. The van der Waals surface area contributed by atoms with Crippen molar-refractivity contribution in [3.8, 4) is 5.75 Å². The monoisotopic (exact) mass is 828 g/mol. The predicted molar refractivity (Wildman–Crippen MR) is 220 cm³/mol. The molecule has 0 radical (unpaired) electrons. The van der Waals surface area contributed by atoms with E-state index in [0.29, 0.717) is 28.9 Å². The third-order valence-corrected chi connectivity index (χ3v) is 12.3. The molecule has 9 rings (SSSR count). The van der Waals surface area contributed by atoms with Gasteiger partial charge in [0.25, 0.3) is 17.4 Å². The molecule has 0 unspecified atom stereocenters. The van der Waals surface area contributed by atoms with Crippen molar-refractivity contribution >= 4 is 45.7 Å². The number of carbonyl (C=O) groups excluding carboxylic acids is 4. The summed E-state index contributed by atoms with van der Waals surface area (Å²) in [4.78, 5) is 84.0. The van der Waals surface area contributed by atoms with Crippen molar-refractivity contribution in [2.75, 3.05) is 70.3 Å². The van der Waals surface area contributed by atoms with E-state index >= 15 is 0 Å². The number of benzene rings is 3. The van der Waals surface area contributed by atoms with Crippen molar-refractivity contribution in [2.45, 2.75) is 76.0 Å². The fraction of sp³-hybridized carbons (Fsp3) is 0.467. The van der Waals surface area contributed by atoms with E-state index in [1.165, 1.54) is 49.1 Å². The van der Waals surface area contributed by atoms with E-state index < -0.39 is 34.9 Å². The number of piperazine rings is 1. The van der Waals surface area contributed by atoms with Crippen LogP contribution in [0.5, 0.6) is 5.75 Å². The van der Waals surface area contributed by atoms with Gasteiger partial charge in [-0.15, -0.1) is 0 Å². The van der Waals surface area contributed by atoms with Crippen molar-refractivity contribution in [1.29, 1.82) is 0 Å². The fourth-order valence-electron chi connectivity index (χ4n) is 8.97. The van der Waals surface area contributed by atoms with Crippen molar-refractivity contribution < 1.29 is 41.0 Å². The second-order valence-electron chi connectivity index (χ2n) is 16.4. The number of likely N-dealkylation sites (N-methyl/N-ethyl adjacent to an activating group) is 1. The summed E-state index contributed by atoms with van der Waals surface area (Å²) < 4.78 is 6.17. The number of Topliss-reactive ketones (excluding diaryl/α,β-unsaturated/α-hetero) is 2. The number of nitrogens with zero attached hydrogens (tertiary/aromatic N) is 5. The Morgan fingerprint density at radius 1 is 0.759 bits per heavy atom. The third-order valence-electron chi connectivity index (χ3n) is 12.3. The van der Waals surface area contributed by atoms with Crippen LogP contribution in [0.25, 0.3) is 10.9 Å². The molecule has 12 nitrogen and oxygen atoms in total. The van der Waals surface area contributed by atoms with Gasteiger partial charge in [0.15, 0.2) is 11.6 Å². The molecule has 2 saturated carbocycles. The van der Waals surface area contributed by atoms with Gasteiger partial charge in [-0.25, -0.2) is 9.88 Å². The van der Waals surface area contributed by atoms with Gasteiger partial charge in [-0.05, 0) is 74.2 Å². The number of anilines is 2. The van der Waals surface area contributed by atoms with E-state index in [4.69, 9.17) is 4.74 Å². The number of rotatable bonds is 9. The van der Waals surface area contributed by atoms with E-state index in [-0.39, 0.29) is 51.1 Å². The Bertz CT molecular complexity index is 2230. The van der Waals surface area contributed by atoms with Gasteiger partial charge in [0.05, 0.1) is 34.3 Å². The minimum Gasteiger partial charge on any atom is -0.493 e. The Balaban J connectivity index is 0.000000794. The van der Waals surface area contributed by atoms with Gasteiger partial charge in [0.1, 0.15) is 17.5 Å². The van der Waals surface area contributed by atoms with E-state index in [0.717, 1.165) is 76.1 Å². The van der Waals surface area contributed by atoms with Gasteiger partial charge in [-0.3, -0.25) is 24.0 Å². The van der Waals surface area contributed by atoms with Crippen LogP contribution in [0.3, 0.4) is 0 Å².